The van der Waals surface area contributed by atoms with Crippen LogP contribution in [0.3, 0.4) is 0 Å². The normalized spacial score (nSPS) is 17.0. The average Bonchev–Trinajstić information content (AvgIpc) is 3.14. The zero-order valence-corrected chi connectivity index (χ0v) is 22.1. The first kappa shape index (κ1) is 26.8. The Balaban J connectivity index is 1.31. The number of hydrogen-bond donors (Lipinski definition) is 1. The minimum atomic E-state index is -2.45. The molecule has 37 heavy (non-hydrogen) atoms. The van der Waals surface area contributed by atoms with Crippen molar-refractivity contribution < 1.29 is 28.2 Å². The number of alkyl halides is 1. The van der Waals surface area contributed by atoms with Gasteiger partial charge in [0.1, 0.15) is 23.0 Å². The van der Waals surface area contributed by atoms with E-state index in [2.05, 4.69) is 6.92 Å². The van der Waals surface area contributed by atoms with E-state index in [4.69, 9.17) is 25.8 Å². The van der Waals surface area contributed by atoms with Crippen LogP contribution in [0.1, 0.15) is 36.5 Å². The molecule has 3 aromatic carbocycles. The number of nitrogens with one attached hydrogen (secondary N) is 1. The van der Waals surface area contributed by atoms with Gasteiger partial charge in [0.2, 0.25) is 0 Å². The fourth-order valence-corrected chi connectivity index (χ4v) is 4.73. The van der Waals surface area contributed by atoms with E-state index in [0.29, 0.717) is 42.2 Å². The summed E-state index contributed by atoms with van der Waals surface area (Å²) in [4.78, 5) is 23.3. The summed E-state index contributed by atoms with van der Waals surface area (Å²) < 4.78 is 32.8. The van der Waals surface area contributed by atoms with Crippen molar-refractivity contribution in [2.45, 2.75) is 38.1 Å². The highest BCUT2D eigenvalue weighted by Crippen LogP contribution is 2.43. The molecule has 1 N–H and O–H groups in total. The first-order valence-corrected chi connectivity index (χ1v) is 13.1. The summed E-state index contributed by atoms with van der Waals surface area (Å²) in [6, 6.07) is 17.5. The van der Waals surface area contributed by atoms with Crippen LogP contribution in [-0.2, 0) is 16.2 Å². The maximum atomic E-state index is 15.0. The molecule has 4 rings (SSSR count). The van der Waals surface area contributed by atoms with Crippen LogP contribution >= 0.6 is 23.4 Å². The minimum Gasteiger partial charge on any atom is -0.493 e. The van der Waals surface area contributed by atoms with Gasteiger partial charge in [0.25, 0.3) is 16.1 Å². The molecule has 1 unspecified atom stereocenters. The van der Waals surface area contributed by atoms with E-state index in [-0.39, 0.29) is 5.56 Å². The Morgan fingerprint density at radius 1 is 0.973 bits per heavy atom. The number of carbonyl (C=O) groups excluding carboxylic acids is 2. The van der Waals surface area contributed by atoms with Gasteiger partial charge in [-0.1, -0.05) is 37.1 Å². The average molecular weight is 544 g/mol. The van der Waals surface area contributed by atoms with E-state index in [1.165, 1.54) is 12.1 Å². The summed E-state index contributed by atoms with van der Waals surface area (Å²) in [5.41, 5.74) is 2.06. The molecule has 0 bridgehead atoms. The lowest BCUT2D eigenvalue weighted by atomic mass is 10.1. The second-order valence-corrected chi connectivity index (χ2v) is 10.1. The van der Waals surface area contributed by atoms with Crippen LogP contribution < -0.4 is 19.5 Å². The van der Waals surface area contributed by atoms with Gasteiger partial charge in [-0.05, 0) is 84.8 Å². The molecule has 0 spiro atoms. The molecule has 6 nitrogen and oxygen atoms in total. The maximum absolute atomic E-state index is 15.0. The monoisotopic (exact) mass is 543 g/mol. The first-order valence-electron chi connectivity index (χ1n) is 11.9. The van der Waals surface area contributed by atoms with Crippen LogP contribution in [-0.4, -0.2) is 24.4 Å². The van der Waals surface area contributed by atoms with Crippen LogP contribution in [0.5, 0.6) is 23.0 Å². The van der Waals surface area contributed by atoms with Gasteiger partial charge in [-0.15, -0.1) is 0 Å². The molecule has 1 aliphatic rings. The Kier molecular flexibility index (Phi) is 8.61. The SMILES string of the molecule is CCCc1cc(Oc2ccc(Cl)c(C)c2)ccc1OCCCOc1cccc(C2(F)SC(=O)NC2=O)c1. The molecule has 1 aliphatic heterocycles. The molecule has 0 aliphatic carbocycles. The highest BCUT2D eigenvalue weighted by molar-refractivity contribution is 8.15. The summed E-state index contributed by atoms with van der Waals surface area (Å²) in [5.74, 6) is 1.67. The number of hydrogen-bond acceptors (Lipinski definition) is 6. The lowest BCUT2D eigenvalue weighted by molar-refractivity contribution is -0.126. The van der Waals surface area contributed by atoms with Gasteiger partial charge in [-0.25, -0.2) is 4.39 Å². The summed E-state index contributed by atoms with van der Waals surface area (Å²) in [5, 5.41) is -0.486. The molecule has 0 saturated carbocycles. The predicted octanol–water partition coefficient (Wildman–Crippen LogP) is 7.35. The standard InChI is InChI=1S/C28H27ClFNO5S/c1-3-6-19-16-23(36-22-9-11-24(29)18(2)15-22)10-12-25(19)35-14-5-13-34-21-8-4-7-20(17-21)28(30)26(32)31-27(33)37-28/h4,7-12,15-17H,3,5-6,13-14H2,1-2H3,(H,31,32,33). The number of benzene rings is 3. The minimum absolute atomic E-state index is 0.0647. The summed E-state index contributed by atoms with van der Waals surface area (Å²) >= 11 is 6.42. The lowest BCUT2D eigenvalue weighted by Gasteiger charge is -2.16. The van der Waals surface area contributed by atoms with E-state index >= 15 is 4.39 Å². The predicted molar refractivity (Wildman–Crippen MR) is 143 cm³/mol. The van der Waals surface area contributed by atoms with Crippen molar-refractivity contribution in [1.29, 1.82) is 0 Å². The lowest BCUT2D eigenvalue weighted by Crippen LogP contribution is -2.30. The molecule has 1 fully saturated rings. The third-order valence-electron chi connectivity index (χ3n) is 5.68. The molecule has 9 heteroatoms. The van der Waals surface area contributed by atoms with Crippen LogP contribution in [0.25, 0.3) is 0 Å². The smallest absolute Gasteiger partial charge is 0.289 e. The van der Waals surface area contributed by atoms with Crippen LogP contribution in [0, 0.1) is 6.92 Å². The van der Waals surface area contributed by atoms with Crippen molar-refractivity contribution >= 4 is 34.5 Å². The zero-order valence-electron chi connectivity index (χ0n) is 20.5. The van der Waals surface area contributed by atoms with Gasteiger partial charge in [0.05, 0.1) is 13.2 Å². The van der Waals surface area contributed by atoms with Gasteiger partial charge in [-0.3, -0.25) is 14.9 Å². The zero-order chi connectivity index (χ0) is 26.4. The van der Waals surface area contributed by atoms with Crippen molar-refractivity contribution in [2.75, 3.05) is 13.2 Å². The second kappa shape index (κ2) is 11.9. The molecular weight excluding hydrogens is 517 g/mol. The third kappa shape index (κ3) is 6.56. The van der Waals surface area contributed by atoms with Crippen molar-refractivity contribution in [2.24, 2.45) is 0 Å². The van der Waals surface area contributed by atoms with Gasteiger partial charge in [-0.2, -0.15) is 0 Å². The number of aryl methyl sites for hydroxylation is 2. The fraction of sp³-hybridized carbons (Fsp3) is 0.286. The first-order chi connectivity index (χ1) is 17.8. The largest absolute Gasteiger partial charge is 0.493 e. The Morgan fingerprint density at radius 3 is 2.46 bits per heavy atom. The van der Waals surface area contributed by atoms with E-state index in [1.807, 2.05) is 48.6 Å². The number of thioether (sulfide) groups is 1. The maximum Gasteiger partial charge on any atom is 0.289 e. The highest BCUT2D eigenvalue weighted by Gasteiger charge is 2.50. The number of halogens is 2. The van der Waals surface area contributed by atoms with Gasteiger partial charge < -0.3 is 14.2 Å². The number of imide groups is 1. The fourth-order valence-electron chi connectivity index (χ4n) is 3.82. The van der Waals surface area contributed by atoms with Crippen molar-refractivity contribution in [1.82, 2.24) is 5.32 Å². The van der Waals surface area contributed by atoms with Gasteiger partial charge in [0.15, 0.2) is 0 Å². The van der Waals surface area contributed by atoms with Crippen LogP contribution in [0.2, 0.25) is 5.02 Å². The third-order valence-corrected chi connectivity index (χ3v) is 7.09. The Morgan fingerprint density at radius 2 is 1.73 bits per heavy atom. The van der Waals surface area contributed by atoms with E-state index < -0.39 is 16.1 Å². The van der Waals surface area contributed by atoms with Crippen LogP contribution in [0.15, 0.2) is 60.7 Å². The Hall–Kier alpha value is -3.23. The van der Waals surface area contributed by atoms with Crippen molar-refractivity contribution in [3.05, 3.63) is 82.4 Å². The van der Waals surface area contributed by atoms with E-state index in [1.54, 1.807) is 12.1 Å². The summed E-state index contributed by atoms with van der Waals surface area (Å²) in [7, 11) is 0. The molecule has 0 aromatic heterocycles. The molecular formula is C28H27ClFNO5S. The quantitative estimate of drug-likeness (QED) is 0.255. The Bertz CT molecular complexity index is 1300. The molecule has 1 heterocycles. The van der Waals surface area contributed by atoms with Gasteiger partial charge in [0, 0.05) is 17.0 Å². The number of amides is 2. The van der Waals surface area contributed by atoms with E-state index in [0.717, 1.165) is 41.2 Å². The molecule has 194 valence electrons. The molecule has 3 aromatic rings. The Labute approximate surface area is 224 Å². The molecule has 1 atom stereocenters. The molecule has 2 amide bonds. The number of rotatable bonds is 11. The highest BCUT2D eigenvalue weighted by atomic mass is 35.5. The van der Waals surface area contributed by atoms with Crippen molar-refractivity contribution in [3.8, 4) is 23.0 Å². The van der Waals surface area contributed by atoms with E-state index in [9.17, 15) is 9.59 Å². The van der Waals surface area contributed by atoms with Gasteiger partial charge >= 0.3 is 0 Å². The molecule has 0 radical (unpaired) electrons. The second-order valence-electron chi connectivity index (χ2n) is 8.55. The number of ether oxygens (including phenoxy) is 3. The topological polar surface area (TPSA) is 73.9 Å². The number of carbonyl (C=O) groups is 2. The van der Waals surface area contributed by atoms with Crippen molar-refractivity contribution in [3.63, 3.8) is 0 Å². The summed E-state index contributed by atoms with van der Waals surface area (Å²) in [6.07, 6.45) is 2.39. The molecule has 1 saturated heterocycles. The summed E-state index contributed by atoms with van der Waals surface area (Å²) in [6.45, 7) is 4.79. The van der Waals surface area contributed by atoms with Crippen LogP contribution in [0.4, 0.5) is 9.18 Å².